The van der Waals surface area contributed by atoms with Gasteiger partial charge in [-0.25, -0.2) is 9.48 Å². The van der Waals surface area contributed by atoms with Gasteiger partial charge in [-0.05, 0) is 6.07 Å². The molecule has 2 heterocycles. The van der Waals surface area contributed by atoms with Gasteiger partial charge in [0.2, 0.25) is 0 Å². The molecule has 0 aliphatic rings. The second-order valence-electron chi connectivity index (χ2n) is 3.39. The second kappa shape index (κ2) is 4.40. The van der Waals surface area contributed by atoms with Crippen molar-refractivity contribution in [2.24, 2.45) is 0 Å². The van der Waals surface area contributed by atoms with Gasteiger partial charge in [0, 0.05) is 12.3 Å². The van der Waals surface area contributed by atoms with Gasteiger partial charge in [-0.3, -0.25) is 9.36 Å². The van der Waals surface area contributed by atoms with Gasteiger partial charge in [-0.1, -0.05) is 0 Å². The number of nitrogens with zero attached hydrogens (tertiary/aromatic N) is 3. The molecule has 18 heavy (non-hydrogen) atoms. The fourth-order valence-corrected chi connectivity index (χ4v) is 1.37. The molecule has 0 atom stereocenters. The van der Waals surface area contributed by atoms with Crippen LogP contribution in [0.5, 0.6) is 0 Å². The zero-order valence-electron chi connectivity index (χ0n) is 8.83. The third-order valence-corrected chi connectivity index (χ3v) is 2.22. The number of alkyl halides is 2. The van der Waals surface area contributed by atoms with Gasteiger partial charge >= 0.3 is 12.5 Å². The Bertz CT molecular complexity index is 648. The van der Waals surface area contributed by atoms with Gasteiger partial charge in [0.1, 0.15) is 0 Å². The Morgan fingerprint density at radius 3 is 2.61 bits per heavy atom. The lowest BCUT2D eigenvalue weighted by atomic mass is 10.3. The molecule has 94 valence electrons. The van der Waals surface area contributed by atoms with E-state index in [-0.39, 0.29) is 11.3 Å². The Morgan fingerprint density at radius 1 is 1.33 bits per heavy atom. The molecular formula is C10H7F2N3O3. The lowest BCUT2D eigenvalue weighted by Gasteiger charge is -2.02. The standard InChI is InChI=1S/C10H7F2N3O3/c11-10(12)15-5-7(3-13-15)14-4-6(9(17)18)1-2-8(14)16/h1-5,10H,(H,17,18). The zero-order chi connectivity index (χ0) is 13.3. The third kappa shape index (κ3) is 2.12. The Balaban J connectivity index is 2.52. The number of aromatic carboxylic acids is 1. The molecule has 0 radical (unpaired) electrons. The molecule has 8 heteroatoms. The maximum Gasteiger partial charge on any atom is 0.337 e. The number of carboxylic acids is 1. The highest BCUT2D eigenvalue weighted by Gasteiger charge is 2.11. The van der Waals surface area contributed by atoms with Crippen LogP contribution in [0.2, 0.25) is 0 Å². The number of hydrogen-bond donors (Lipinski definition) is 1. The first-order valence-electron chi connectivity index (χ1n) is 4.78. The van der Waals surface area contributed by atoms with E-state index in [9.17, 15) is 18.4 Å². The number of halogens is 2. The number of carboxylic acid groups (broad SMARTS) is 1. The Kier molecular flexibility index (Phi) is 2.92. The van der Waals surface area contributed by atoms with Crippen molar-refractivity contribution in [2.75, 3.05) is 0 Å². The lowest BCUT2D eigenvalue weighted by molar-refractivity contribution is 0.0565. The summed E-state index contributed by atoms with van der Waals surface area (Å²) in [5, 5.41) is 12.2. The first kappa shape index (κ1) is 12.0. The molecule has 0 amide bonds. The van der Waals surface area contributed by atoms with E-state index >= 15 is 0 Å². The monoisotopic (exact) mass is 255 g/mol. The van der Waals surface area contributed by atoms with Crippen LogP contribution < -0.4 is 5.56 Å². The van der Waals surface area contributed by atoms with Crippen LogP contribution in [-0.2, 0) is 0 Å². The van der Waals surface area contributed by atoms with Crippen LogP contribution in [0.25, 0.3) is 5.69 Å². The molecule has 2 rings (SSSR count). The normalized spacial score (nSPS) is 10.8. The summed E-state index contributed by atoms with van der Waals surface area (Å²) in [7, 11) is 0. The average Bonchev–Trinajstić information content (AvgIpc) is 2.78. The van der Waals surface area contributed by atoms with Crippen LogP contribution in [0.15, 0.2) is 35.5 Å². The second-order valence-corrected chi connectivity index (χ2v) is 3.39. The Morgan fingerprint density at radius 2 is 2.06 bits per heavy atom. The molecule has 0 unspecified atom stereocenters. The van der Waals surface area contributed by atoms with Gasteiger partial charge in [-0.2, -0.15) is 13.9 Å². The maximum atomic E-state index is 12.3. The quantitative estimate of drug-likeness (QED) is 0.891. The Labute approximate surface area is 98.7 Å². The minimum atomic E-state index is -2.82. The number of pyridine rings is 1. The summed E-state index contributed by atoms with van der Waals surface area (Å²) in [5.74, 6) is -1.22. The van der Waals surface area contributed by atoms with Crippen LogP contribution in [0.3, 0.4) is 0 Å². The summed E-state index contributed by atoms with van der Waals surface area (Å²) in [4.78, 5) is 22.3. The van der Waals surface area contributed by atoms with Crippen LogP contribution in [0.1, 0.15) is 16.9 Å². The summed E-state index contributed by atoms with van der Waals surface area (Å²) >= 11 is 0. The van der Waals surface area contributed by atoms with E-state index < -0.39 is 18.1 Å². The summed E-state index contributed by atoms with van der Waals surface area (Å²) in [6.07, 6.45) is 3.06. The molecule has 1 N–H and O–H groups in total. The molecule has 0 spiro atoms. The SMILES string of the molecule is O=C(O)c1ccc(=O)n(-c2cnn(C(F)F)c2)c1. The predicted molar refractivity (Wildman–Crippen MR) is 56.0 cm³/mol. The minimum absolute atomic E-state index is 0.0726. The molecule has 0 aliphatic carbocycles. The van der Waals surface area contributed by atoms with E-state index in [2.05, 4.69) is 5.10 Å². The van der Waals surface area contributed by atoms with Crippen LogP contribution in [-0.4, -0.2) is 25.4 Å². The zero-order valence-corrected chi connectivity index (χ0v) is 8.83. The molecule has 0 bridgehead atoms. The van der Waals surface area contributed by atoms with E-state index in [1.807, 2.05) is 0 Å². The van der Waals surface area contributed by atoms with E-state index in [1.54, 1.807) is 0 Å². The third-order valence-electron chi connectivity index (χ3n) is 2.22. The van der Waals surface area contributed by atoms with Gasteiger partial charge in [-0.15, -0.1) is 0 Å². The topological polar surface area (TPSA) is 77.1 Å². The molecular weight excluding hydrogens is 248 g/mol. The Hall–Kier alpha value is -2.51. The highest BCUT2D eigenvalue weighted by atomic mass is 19.3. The average molecular weight is 255 g/mol. The minimum Gasteiger partial charge on any atom is -0.478 e. The van der Waals surface area contributed by atoms with Crippen molar-refractivity contribution in [1.82, 2.24) is 14.3 Å². The molecule has 0 aromatic carbocycles. The highest BCUT2D eigenvalue weighted by Crippen LogP contribution is 2.12. The maximum absolute atomic E-state index is 12.3. The van der Waals surface area contributed by atoms with E-state index in [1.165, 1.54) is 0 Å². The molecule has 0 fully saturated rings. The van der Waals surface area contributed by atoms with Crippen molar-refractivity contribution in [3.05, 3.63) is 46.6 Å². The highest BCUT2D eigenvalue weighted by molar-refractivity contribution is 5.87. The van der Waals surface area contributed by atoms with Crippen molar-refractivity contribution in [3.8, 4) is 5.69 Å². The number of carbonyl (C=O) groups is 1. The van der Waals surface area contributed by atoms with Crippen molar-refractivity contribution in [2.45, 2.75) is 6.55 Å². The van der Waals surface area contributed by atoms with Crippen LogP contribution in [0, 0.1) is 0 Å². The summed E-state index contributed by atoms with van der Waals surface area (Å²) < 4.78 is 26.0. The smallest absolute Gasteiger partial charge is 0.337 e. The van der Waals surface area contributed by atoms with Gasteiger partial charge < -0.3 is 5.11 Å². The molecule has 6 nitrogen and oxygen atoms in total. The van der Waals surface area contributed by atoms with Crippen molar-refractivity contribution in [1.29, 1.82) is 0 Å². The lowest BCUT2D eigenvalue weighted by Crippen LogP contribution is -2.18. The molecule has 2 aromatic heterocycles. The predicted octanol–water partition coefficient (Wildman–Crippen LogP) is 1.13. The van der Waals surface area contributed by atoms with E-state index in [0.29, 0.717) is 4.68 Å². The van der Waals surface area contributed by atoms with Crippen molar-refractivity contribution >= 4 is 5.97 Å². The van der Waals surface area contributed by atoms with Gasteiger partial charge in [0.25, 0.3) is 5.56 Å². The largest absolute Gasteiger partial charge is 0.478 e. The van der Waals surface area contributed by atoms with Gasteiger partial charge in [0.05, 0.1) is 23.6 Å². The van der Waals surface area contributed by atoms with Crippen molar-refractivity contribution in [3.63, 3.8) is 0 Å². The number of rotatable bonds is 3. The number of hydrogen-bond acceptors (Lipinski definition) is 3. The molecule has 2 aromatic rings. The molecule has 0 saturated carbocycles. The number of aromatic nitrogens is 3. The molecule has 0 aliphatic heterocycles. The fraction of sp³-hybridized carbons (Fsp3) is 0.100. The van der Waals surface area contributed by atoms with Crippen LogP contribution in [0.4, 0.5) is 8.78 Å². The van der Waals surface area contributed by atoms with E-state index in [0.717, 1.165) is 35.3 Å². The van der Waals surface area contributed by atoms with E-state index in [4.69, 9.17) is 5.11 Å². The molecule has 0 saturated heterocycles. The van der Waals surface area contributed by atoms with Crippen LogP contribution >= 0.6 is 0 Å². The summed E-state index contributed by atoms with van der Waals surface area (Å²) in [6, 6.07) is 2.18. The van der Waals surface area contributed by atoms with Crippen molar-refractivity contribution < 1.29 is 18.7 Å². The fourth-order valence-electron chi connectivity index (χ4n) is 1.37. The first-order chi connectivity index (χ1) is 8.49. The summed E-state index contributed by atoms with van der Waals surface area (Å²) in [6.45, 7) is -2.82. The summed E-state index contributed by atoms with van der Waals surface area (Å²) in [5.41, 5.74) is -0.586. The first-order valence-corrected chi connectivity index (χ1v) is 4.78. The van der Waals surface area contributed by atoms with Gasteiger partial charge in [0.15, 0.2) is 0 Å².